The predicted octanol–water partition coefficient (Wildman–Crippen LogP) is 0.910. The van der Waals surface area contributed by atoms with Gasteiger partial charge in [0.05, 0.1) is 19.5 Å². The smallest absolute Gasteiger partial charge is 0.325 e. The van der Waals surface area contributed by atoms with Crippen molar-refractivity contribution in [3.63, 3.8) is 0 Å². The molecule has 2 heterocycles. The molecule has 1 saturated carbocycles. The van der Waals surface area contributed by atoms with Gasteiger partial charge in [0.25, 0.3) is 0 Å². The normalized spacial score (nSPS) is 23.5. The third kappa shape index (κ3) is 3.84. The first-order chi connectivity index (χ1) is 11.7. The number of carbonyl (C=O) groups is 2. The molecule has 2 N–H and O–H groups in total. The van der Waals surface area contributed by atoms with Gasteiger partial charge in [0.2, 0.25) is 11.8 Å². The van der Waals surface area contributed by atoms with E-state index >= 15 is 0 Å². The molecule has 4 amide bonds. The number of carbonyl (C=O) groups excluding carboxylic acids is 2. The van der Waals surface area contributed by atoms with Crippen molar-refractivity contribution in [3.8, 4) is 11.8 Å². The van der Waals surface area contributed by atoms with Gasteiger partial charge in [0, 0.05) is 19.1 Å². The lowest BCUT2D eigenvalue weighted by atomic mass is 9.93. The van der Waals surface area contributed by atoms with Gasteiger partial charge >= 0.3 is 12.1 Å². The number of hydrogen-bond acceptors (Lipinski definition) is 6. The third-order valence-corrected chi connectivity index (χ3v) is 4.19. The molecule has 1 aliphatic carbocycles. The summed E-state index contributed by atoms with van der Waals surface area (Å²) < 4.78 is 10.9. The lowest BCUT2D eigenvalue weighted by molar-refractivity contribution is 0.131. The van der Waals surface area contributed by atoms with Crippen LogP contribution in [0.2, 0.25) is 0 Å². The highest BCUT2D eigenvalue weighted by Gasteiger charge is 2.30. The Kier molecular flexibility index (Phi) is 4.97. The maximum atomic E-state index is 12.1. The summed E-state index contributed by atoms with van der Waals surface area (Å²) in [5, 5.41) is 5.53. The van der Waals surface area contributed by atoms with Crippen LogP contribution in [0.25, 0.3) is 0 Å². The summed E-state index contributed by atoms with van der Waals surface area (Å²) in [5.74, 6) is 0.855. The van der Waals surface area contributed by atoms with E-state index in [2.05, 4.69) is 20.6 Å². The van der Waals surface area contributed by atoms with Gasteiger partial charge in [-0.1, -0.05) is 0 Å². The van der Waals surface area contributed by atoms with Gasteiger partial charge in [-0.3, -0.25) is 4.98 Å². The van der Waals surface area contributed by atoms with Gasteiger partial charge in [0.15, 0.2) is 0 Å². The van der Waals surface area contributed by atoms with Crippen LogP contribution in [0.4, 0.5) is 9.59 Å². The Morgan fingerprint density at radius 1 is 1.29 bits per heavy atom. The average molecular weight is 335 g/mol. The van der Waals surface area contributed by atoms with Crippen LogP contribution in [0.5, 0.6) is 11.8 Å². The van der Waals surface area contributed by atoms with E-state index in [4.69, 9.17) is 9.47 Å². The van der Waals surface area contributed by atoms with Crippen LogP contribution < -0.4 is 20.1 Å². The summed E-state index contributed by atoms with van der Waals surface area (Å²) in [4.78, 5) is 32.9. The lowest BCUT2D eigenvalue weighted by Gasteiger charge is -2.29. The van der Waals surface area contributed by atoms with Crippen molar-refractivity contribution in [2.24, 2.45) is 0 Å². The fourth-order valence-corrected chi connectivity index (χ4v) is 2.90. The molecule has 1 aliphatic heterocycles. The van der Waals surface area contributed by atoms with Crippen LogP contribution in [-0.4, -0.2) is 59.3 Å². The fraction of sp³-hybridized carbons (Fsp3) is 0.600. The SMILES string of the molecule is COc1cncc(OC2CCC(NC(=O)N3CCNC3=O)CC2)n1. The van der Waals surface area contributed by atoms with Gasteiger partial charge in [-0.25, -0.2) is 14.5 Å². The van der Waals surface area contributed by atoms with Crippen LogP contribution >= 0.6 is 0 Å². The summed E-state index contributed by atoms with van der Waals surface area (Å²) in [6.07, 6.45) is 6.31. The molecule has 0 radical (unpaired) electrons. The number of nitrogens with one attached hydrogen (secondary N) is 2. The highest BCUT2D eigenvalue weighted by atomic mass is 16.5. The number of ether oxygens (including phenoxy) is 2. The standard InChI is InChI=1S/C15H21N5O4/c1-23-12-8-16-9-13(19-12)24-11-4-2-10(3-5-11)18-15(22)20-7-6-17-14(20)21/h8-11H,2-7H2,1H3,(H,17,21)(H,18,22). The first kappa shape index (κ1) is 16.3. The van der Waals surface area contributed by atoms with Gasteiger partial charge in [-0.2, -0.15) is 4.98 Å². The largest absolute Gasteiger partial charge is 0.480 e. The molecule has 1 aromatic heterocycles. The van der Waals surface area contributed by atoms with Crippen LogP contribution in [-0.2, 0) is 0 Å². The third-order valence-electron chi connectivity index (χ3n) is 4.19. The number of urea groups is 2. The summed E-state index contributed by atoms with van der Waals surface area (Å²) in [5.41, 5.74) is 0. The first-order valence-corrected chi connectivity index (χ1v) is 8.04. The van der Waals surface area contributed by atoms with E-state index in [1.165, 1.54) is 18.2 Å². The van der Waals surface area contributed by atoms with Gasteiger partial charge in [0.1, 0.15) is 6.10 Å². The first-order valence-electron chi connectivity index (χ1n) is 8.04. The Morgan fingerprint density at radius 3 is 2.71 bits per heavy atom. The van der Waals surface area contributed by atoms with Gasteiger partial charge in [-0.05, 0) is 25.7 Å². The number of imide groups is 1. The van der Waals surface area contributed by atoms with E-state index in [1.807, 2.05) is 0 Å². The maximum absolute atomic E-state index is 12.1. The minimum Gasteiger partial charge on any atom is -0.480 e. The topological polar surface area (TPSA) is 106 Å². The monoisotopic (exact) mass is 335 g/mol. The summed E-state index contributed by atoms with van der Waals surface area (Å²) in [7, 11) is 1.53. The van der Waals surface area contributed by atoms with Crippen LogP contribution in [0.1, 0.15) is 25.7 Å². The summed E-state index contributed by atoms with van der Waals surface area (Å²) in [6, 6.07) is -0.601. The molecular weight excluding hydrogens is 314 g/mol. The average Bonchev–Trinajstić information content (AvgIpc) is 3.03. The molecule has 130 valence electrons. The Balaban J connectivity index is 1.45. The Morgan fingerprint density at radius 2 is 2.04 bits per heavy atom. The summed E-state index contributed by atoms with van der Waals surface area (Å²) in [6.45, 7) is 0.923. The van der Waals surface area contributed by atoms with E-state index in [1.54, 1.807) is 6.20 Å². The van der Waals surface area contributed by atoms with E-state index in [0.29, 0.717) is 24.8 Å². The lowest BCUT2D eigenvalue weighted by Crippen LogP contribution is -2.47. The second kappa shape index (κ2) is 7.33. The Hall–Kier alpha value is -2.58. The molecule has 0 atom stereocenters. The molecule has 2 fully saturated rings. The molecule has 1 saturated heterocycles. The van der Waals surface area contributed by atoms with Crippen molar-refractivity contribution < 1.29 is 19.1 Å². The van der Waals surface area contributed by atoms with Gasteiger partial charge in [-0.15, -0.1) is 0 Å². The van der Waals surface area contributed by atoms with Gasteiger partial charge < -0.3 is 20.1 Å². The van der Waals surface area contributed by atoms with E-state index < -0.39 is 0 Å². The number of hydrogen-bond donors (Lipinski definition) is 2. The van der Waals surface area contributed by atoms with Crippen molar-refractivity contribution in [2.75, 3.05) is 20.2 Å². The van der Waals surface area contributed by atoms with Crippen LogP contribution in [0.3, 0.4) is 0 Å². The number of amides is 4. The second-order valence-electron chi connectivity index (χ2n) is 5.82. The number of aromatic nitrogens is 2. The van der Waals surface area contributed by atoms with Crippen molar-refractivity contribution in [3.05, 3.63) is 12.4 Å². The van der Waals surface area contributed by atoms with Crippen LogP contribution in [0.15, 0.2) is 12.4 Å². The molecule has 0 aromatic carbocycles. The zero-order valence-corrected chi connectivity index (χ0v) is 13.5. The minimum atomic E-state index is -0.332. The highest BCUT2D eigenvalue weighted by Crippen LogP contribution is 2.23. The van der Waals surface area contributed by atoms with Crippen molar-refractivity contribution in [1.29, 1.82) is 0 Å². The minimum absolute atomic E-state index is 0.0367. The zero-order valence-electron chi connectivity index (χ0n) is 13.5. The van der Waals surface area contributed by atoms with Crippen molar-refractivity contribution >= 4 is 12.1 Å². The van der Waals surface area contributed by atoms with Crippen molar-refractivity contribution in [2.45, 2.75) is 37.8 Å². The molecular formula is C15H21N5O4. The maximum Gasteiger partial charge on any atom is 0.325 e. The second-order valence-corrected chi connectivity index (χ2v) is 5.82. The van der Waals surface area contributed by atoms with Crippen LogP contribution in [0, 0.1) is 0 Å². The number of methoxy groups -OCH3 is 1. The molecule has 0 bridgehead atoms. The van der Waals surface area contributed by atoms with E-state index in [9.17, 15) is 9.59 Å². The molecule has 9 nitrogen and oxygen atoms in total. The molecule has 3 rings (SSSR count). The van der Waals surface area contributed by atoms with E-state index in [0.717, 1.165) is 25.7 Å². The fourth-order valence-electron chi connectivity index (χ4n) is 2.90. The highest BCUT2D eigenvalue weighted by molar-refractivity contribution is 5.95. The summed E-state index contributed by atoms with van der Waals surface area (Å²) >= 11 is 0. The molecule has 2 aliphatic rings. The molecule has 9 heteroatoms. The van der Waals surface area contributed by atoms with E-state index in [-0.39, 0.29) is 24.2 Å². The zero-order chi connectivity index (χ0) is 16.9. The molecule has 1 aromatic rings. The quantitative estimate of drug-likeness (QED) is 0.847. The Bertz CT molecular complexity index is 603. The molecule has 0 unspecified atom stereocenters. The Labute approximate surface area is 139 Å². The molecule has 24 heavy (non-hydrogen) atoms. The molecule has 0 spiro atoms. The van der Waals surface area contributed by atoms with Crippen molar-refractivity contribution in [1.82, 2.24) is 25.5 Å². The predicted molar refractivity (Wildman–Crippen MR) is 83.9 cm³/mol. The number of rotatable bonds is 4. The number of nitrogens with zero attached hydrogens (tertiary/aromatic N) is 3.